The van der Waals surface area contributed by atoms with Crippen molar-refractivity contribution in [2.24, 2.45) is 4.99 Å². The molecule has 5 rings (SSSR count). The molecular weight excluding hydrogens is 484 g/mol. The summed E-state index contributed by atoms with van der Waals surface area (Å²) in [4.78, 5) is 19.4. The van der Waals surface area contributed by atoms with E-state index in [0.717, 1.165) is 48.1 Å². The lowest BCUT2D eigenvalue weighted by Gasteiger charge is -2.28. The molecule has 11 nitrogen and oxygen atoms in total. The summed E-state index contributed by atoms with van der Waals surface area (Å²) < 4.78 is 5.18. The van der Waals surface area contributed by atoms with Crippen molar-refractivity contribution in [3.63, 3.8) is 0 Å². The second-order valence-corrected chi connectivity index (χ2v) is 9.71. The summed E-state index contributed by atoms with van der Waals surface area (Å²) in [7, 11) is 1.59. The van der Waals surface area contributed by atoms with Crippen LogP contribution in [-0.4, -0.2) is 51.2 Å². The zero-order valence-electron chi connectivity index (χ0n) is 21.7. The number of amides is 1. The number of aromatic hydroxyl groups is 1. The summed E-state index contributed by atoms with van der Waals surface area (Å²) in [6.45, 7) is 4.34. The predicted molar refractivity (Wildman–Crippen MR) is 144 cm³/mol. The zero-order valence-corrected chi connectivity index (χ0v) is 21.7. The maximum Gasteiger partial charge on any atom is 0.301 e. The molecule has 1 aromatic heterocycles. The molecule has 2 aliphatic rings. The summed E-state index contributed by atoms with van der Waals surface area (Å²) in [5.74, 6) is 1.49. The number of nitrogens with one attached hydrogen (secondary N) is 3. The Kier molecular flexibility index (Phi) is 7.36. The van der Waals surface area contributed by atoms with Crippen molar-refractivity contribution >= 4 is 23.1 Å². The molecule has 198 valence electrons. The number of hydrogen-bond acceptors (Lipinski definition) is 9. The minimum Gasteiger partial charge on any atom is -0.505 e. The monoisotopic (exact) mass is 516 g/mol. The summed E-state index contributed by atoms with van der Waals surface area (Å²) >= 11 is 0. The molecule has 0 spiro atoms. The van der Waals surface area contributed by atoms with Crippen molar-refractivity contribution < 1.29 is 14.6 Å². The lowest BCUT2D eigenvalue weighted by Crippen LogP contribution is -2.39. The first-order valence-electron chi connectivity index (χ1n) is 12.7. The van der Waals surface area contributed by atoms with Crippen LogP contribution in [0.2, 0.25) is 0 Å². The number of tetrazole rings is 1. The van der Waals surface area contributed by atoms with Crippen LogP contribution in [0.5, 0.6) is 5.75 Å². The van der Waals surface area contributed by atoms with Gasteiger partial charge >= 0.3 is 5.91 Å². The molecule has 2 atom stereocenters. The van der Waals surface area contributed by atoms with Gasteiger partial charge in [-0.05, 0) is 80.0 Å². The quantitative estimate of drug-likeness (QED) is 0.274. The number of carbonyl (C=O) groups excluding carboxylic acids is 1. The van der Waals surface area contributed by atoms with Crippen molar-refractivity contribution in [1.82, 2.24) is 26.0 Å². The van der Waals surface area contributed by atoms with E-state index in [1.54, 1.807) is 24.2 Å². The number of carbonyl (C=O) groups is 1. The Balaban J connectivity index is 1.33. The standard InChI is InChI=1S/C27H32N8O3/c1-16-10-11-20(14-17(16)2)35-23(12-13-38-3)28-26(27(35)37)30-29-22-9-5-8-21(24(22)36)18-6-4-7-19(15-18)25-31-33-34-32-25/h5,8-12,14,18-19,29,36H,4,6-7,13,15H2,1-3H3,(H,28,30)(H,31,32,33,34). The van der Waals surface area contributed by atoms with Gasteiger partial charge in [0.05, 0.1) is 18.0 Å². The van der Waals surface area contributed by atoms with Crippen LogP contribution in [0.3, 0.4) is 0 Å². The van der Waals surface area contributed by atoms with Crippen LogP contribution in [0.4, 0.5) is 11.4 Å². The van der Waals surface area contributed by atoms with E-state index in [9.17, 15) is 9.90 Å². The highest BCUT2D eigenvalue weighted by molar-refractivity contribution is 6.46. The van der Waals surface area contributed by atoms with Crippen molar-refractivity contribution in [3.05, 3.63) is 70.8 Å². The number of nitrogens with zero attached hydrogens (tertiary/aromatic N) is 5. The zero-order chi connectivity index (χ0) is 26.6. The van der Waals surface area contributed by atoms with Crippen LogP contribution in [0.1, 0.15) is 60.0 Å². The molecule has 2 aromatic carbocycles. The second-order valence-electron chi connectivity index (χ2n) is 9.71. The van der Waals surface area contributed by atoms with Crippen LogP contribution < -0.4 is 15.8 Å². The number of anilines is 2. The number of aliphatic imine (C=N–C) groups is 1. The first-order chi connectivity index (χ1) is 18.5. The van der Waals surface area contributed by atoms with Gasteiger partial charge in [0.15, 0.2) is 5.82 Å². The maximum absolute atomic E-state index is 13.4. The third kappa shape index (κ3) is 5.10. The van der Waals surface area contributed by atoms with Gasteiger partial charge in [-0.2, -0.15) is 5.21 Å². The normalized spacial score (nSPS) is 20.6. The highest BCUT2D eigenvalue weighted by Gasteiger charge is 2.33. The Labute approximate surface area is 221 Å². The van der Waals surface area contributed by atoms with E-state index < -0.39 is 0 Å². The van der Waals surface area contributed by atoms with E-state index in [0.29, 0.717) is 23.9 Å². The number of para-hydroxylation sites is 1. The third-order valence-corrected chi connectivity index (χ3v) is 7.27. The van der Waals surface area contributed by atoms with Crippen molar-refractivity contribution in [1.29, 1.82) is 0 Å². The molecular formula is C27H32N8O3. The highest BCUT2D eigenvalue weighted by atomic mass is 16.5. The van der Waals surface area contributed by atoms with E-state index in [1.165, 1.54) is 0 Å². The number of H-pyrrole nitrogens is 1. The number of ether oxygens (including phenoxy) is 1. The summed E-state index contributed by atoms with van der Waals surface area (Å²) in [5.41, 5.74) is 10.2. The number of aromatic amines is 1. The van der Waals surface area contributed by atoms with Crippen LogP contribution in [0.15, 0.2) is 53.3 Å². The fourth-order valence-electron chi connectivity index (χ4n) is 5.08. The van der Waals surface area contributed by atoms with Crippen molar-refractivity contribution in [2.75, 3.05) is 24.0 Å². The largest absolute Gasteiger partial charge is 0.505 e. The molecule has 1 amide bonds. The molecule has 0 radical (unpaired) electrons. The van der Waals surface area contributed by atoms with Crippen LogP contribution >= 0.6 is 0 Å². The topological polar surface area (TPSA) is 141 Å². The molecule has 1 aliphatic heterocycles. The van der Waals surface area contributed by atoms with Gasteiger partial charge < -0.3 is 9.84 Å². The Morgan fingerprint density at radius 3 is 2.76 bits per heavy atom. The Bertz CT molecular complexity index is 1370. The Morgan fingerprint density at radius 2 is 2.00 bits per heavy atom. The smallest absolute Gasteiger partial charge is 0.301 e. The number of aryl methyl sites for hydroxylation is 2. The number of benzene rings is 2. The maximum atomic E-state index is 13.4. The third-order valence-electron chi connectivity index (χ3n) is 7.27. The van der Waals surface area contributed by atoms with Crippen LogP contribution in [0.25, 0.3) is 0 Å². The average Bonchev–Trinajstić information content (AvgIpc) is 3.57. The number of phenolic OH excluding ortho intramolecular Hbond substituents is 1. The van der Waals surface area contributed by atoms with E-state index in [1.807, 2.05) is 44.2 Å². The molecule has 0 bridgehead atoms. The number of rotatable bonds is 7. The van der Waals surface area contributed by atoms with E-state index in [4.69, 9.17) is 4.74 Å². The van der Waals surface area contributed by atoms with Gasteiger partial charge in [0.25, 0.3) is 0 Å². The Hall–Kier alpha value is -4.25. The minimum atomic E-state index is -0.311. The van der Waals surface area contributed by atoms with Gasteiger partial charge in [-0.25, -0.2) is 4.99 Å². The van der Waals surface area contributed by atoms with Gasteiger partial charge in [0, 0.05) is 13.0 Å². The lowest BCUT2D eigenvalue weighted by molar-refractivity contribution is -0.111. The average molecular weight is 517 g/mol. The van der Waals surface area contributed by atoms with Crippen molar-refractivity contribution in [3.8, 4) is 5.75 Å². The van der Waals surface area contributed by atoms with Crippen molar-refractivity contribution in [2.45, 2.75) is 51.4 Å². The predicted octanol–water partition coefficient (Wildman–Crippen LogP) is 3.81. The first kappa shape index (κ1) is 25.4. The fourth-order valence-corrected chi connectivity index (χ4v) is 5.08. The molecule has 1 aliphatic carbocycles. The molecule has 2 heterocycles. The van der Waals surface area contributed by atoms with E-state index in [-0.39, 0.29) is 29.3 Å². The van der Waals surface area contributed by atoms with Gasteiger partial charge in [-0.3, -0.25) is 20.5 Å². The number of aromatic nitrogens is 4. The van der Waals surface area contributed by atoms with Gasteiger partial charge in [-0.15, -0.1) is 10.2 Å². The number of hydrazine groups is 1. The van der Waals surface area contributed by atoms with E-state index >= 15 is 0 Å². The number of methoxy groups -OCH3 is 1. The molecule has 2 unspecified atom stereocenters. The molecule has 0 saturated heterocycles. The van der Waals surface area contributed by atoms with Gasteiger partial charge in [0.2, 0.25) is 5.84 Å². The molecule has 1 fully saturated rings. The van der Waals surface area contributed by atoms with Crippen LogP contribution in [-0.2, 0) is 9.53 Å². The highest BCUT2D eigenvalue weighted by Crippen LogP contribution is 2.44. The number of phenols is 1. The molecule has 3 aromatic rings. The molecule has 1 saturated carbocycles. The SMILES string of the molecule is COCC=C1N=C(NNc2cccc(C3CCCC(c4nn[nH]n4)C3)c2O)C(=O)N1c1ccc(C)c(C)c1. The van der Waals surface area contributed by atoms with E-state index in [2.05, 4.69) is 36.5 Å². The minimum absolute atomic E-state index is 0.116. The molecule has 38 heavy (non-hydrogen) atoms. The van der Waals surface area contributed by atoms with Gasteiger partial charge in [-0.1, -0.05) is 29.8 Å². The molecule has 4 N–H and O–H groups in total. The first-order valence-corrected chi connectivity index (χ1v) is 12.7. The summed E-state index contributed by atoms with van der Waals surface area (Å²) in [6, 6.07) is 11.4. The molecule has 11 heteroatoms. The second kappa shape index (κ2) is 11.0. The lowest BCUT2D eigenvalue weighted by atomic mass is 9.77. The number of amidine groups is 1. The summed E-state index contributed by atoms with van der Waals surface area (Å²) in [6.07, 6.45) is 5.54. The fraction of sp³-hybridized carbons (Fsp3) is 0.370. The Morgan fingerprint density at radius 1 is 1.16 bits per heavy atom. The summed E-state index contributed by atoms with van der Waals surface area (Å²) in [5, 5.41) is 25.7. The van der Waals surface area contributed by atoms with Gasteiger partial charge in [0.1, 0.15) is 11.6 Å². The number of hydrogen-bond donors (Lipinski definition) is 4. The van der Waals surface area contributed by atoms with Crippen LogP contribution in [0, 0.1) is 13.8 Å².